The molecule has 2 aromatic rings. The quantitative estimate of drug-likeness (QED) is 0.606. The number of carbonyl (C=O) groups is 1. The number of carbonyl (C=O) groups excluding carboxylic acids is 1. The minimum atomic E-state index is 0.00621. The molecule has 0 saturated heterocycles. The van der Waals surface area contributed by atoms with Gasteiger partial charge in [0.25, 0.3) is 0 Å². The summed E-state index contributed by atoms with van der Waals surface area (Å²) in [4.78, 5) is 14.4. The maximum atomic E-state index is 12.7. The number of hydrogen-bond acceptors (Lipinski definition) is 6. The third-order valence-corrected chi connectivity index (χ3v) is 4.69. The Morgan fingerprint density at radius 2 is 1.34 bits per heavy atom. The highest BCUT2D eigenvalue weighted by Crippen LogP contribution is 2.38. The summed E-state index contributed by atoms with van der Waals surface area (Å²) in [7, 11) is 9.67. The summed E-state index contributed by atoms with van der Waals surface area (Å²) in [5.41, 5.74) is 1.76. The zero-order valence-electron chi connectivity index (χ0n) is 17.9. The third-order valence-electron chi connectivity index (χ3n) is 4.69. The van der Waals surface area contributed by atoms with E-state index < -0.39 is 0 Å². The number of nitrogens with zero attached hydrogens (tertiary/aromatic N) is 1. The maximum absolute atomic E-state index is 12.7. The summed E-state index contributed by atoms with van der Waals surface area (Å²) < 4.78 is 26.9. The molecule has 7 nitrogen and oxygen atoms in total. The van der Waals surface area contributed by atoms with Crippen molar-refractivity contribution >= 4 is 5.91 Å². The Balaban J connectivity index is 2.11. The van der Waals surface area contributed by atoms with E-state index in [1.807, 2.05) is 30.3 Å². The summed E-state index contributed by atoms with van der Waals surface area (Å²) in [6.07, 6.45) is 0.850. The van der Waals surface area contributed by atoms with Crippen LogP contribution in [0.1, 0.15) is 17.5 Å². The molecular weight excluding hydrogens is 374 g/mol. The van der Waals surface area contributed by atoms with Gasteiger partial charge in [0, 0.05) is 25.6 Å². The van der Waals surface area contributed by atoms with Crippen molar-refractivity contribution in [2.45, 2.75) is 19.4 Å². The molecule has 0 saturated carbocycles. The Bertz CT molecular complexity index is 789. The molecule has 2 rings (SSSR count). The zero-order chi connectivity index (χ0) is 21.4. The van der Waals surface area contributed by atoms with E-state index in [0.717, 1.165) is 11.1 Å². The summed E-state index contributed by atoms with van der Waals surface area (Å²) >= 11 is 0. The molecule has 0 unspecified atom stereocenters. The predicted octanol–water partition coefficient (Wildman–Crippen LogP) is 3.32. The zero-order valence-corrected chi connectivity index (χ0v) is 17.9. The Hall–Kier alpha value is -3.09. The van der Waals surface area contributed by atoms with Crippen LogP contribution in [0.4, 0.5) is 0 Å². The lowest BCUT2D eigenvalue weighted by Gasteiger charge is -2.20. The molecule has 0 radical (unpaired) electrons. The first kappa shape index (κ1) is 22.2. The van der Waals surface area contributed by atoms with E-state index in [0.29, 0.717) is 48.1 Å². The normalized spacial score (nSPS) is 10.3. The van der Waals surface area contributed by atoms with Crippen molar-refractivity contribution in [2.24, 2.45) is 0 Å². The fraction of sp³-hybridized carbons (Fsp3) is 0.409. The Kier molecular flexibility index (Phi) is 8.00. The minimum Gasteiger partial charge on any atom is -0.496 e. The van der Waals surface area contributed by atoms with Crippen LogP contribution in [0.25, 0.3) is 0 Å². The SMILES string of the molecule is COc1cccc(OC)c1CCC(=O)N(C)Cc1cc(OC)c(OC)c(OC)c1. The van der Waals surface area contributed by atoms with Crippen LogP contribution in [0.3, 0.4) is 0 Å². The number of benzene rings is 2. The van der Waals surface area contributed by atoms with Crippen molar-refractivity contribution in [3.8, 4) is 28.7 Å². The minimum absolute atomic E-state index is 0.00621. The van der Waals surface area contributed by atoms with Crippen molar-refractivity contribution in [3.63, 3.8) is 0 Å². The molecule has 0 aliphatic rings. The van der Waals surface area contributed by atoms with Gasteiger partial charge < -0.3 is 28.6 Å². The topological polar surface area (TPSA) is 66.5 Å². The molecule has 0 bridgehead atoms. The highest BCUT2D eigenvalue weighted by Gasteiger charge is 2.17. The monoisotopic (exact) mass is 403 g/mol. The number of ether oxygens (including phenoxy) is 5. The van der Waals surface area contributed by atoms with E-state index in [9.17, 15) is 4.79 Å². The summed E-state index contributed by atoms with van der Waals surface area (Å²) in [5, 5.41) is 0. The van der Waals surface area contributed by atoms with Crippen molar-refractivity contribution in [2.75, 3.05) is 42.6 Å². The highest BCUT2D eigenvalue weighted by molar-refractivity contribution is 5.76. The van der Waals surface area contributed by atoms with Gasteiger partial charge in [0.05, 0.1) is 35.5 Å². The molecule has 7 heteroatoms. The van der Waals surface area contributed by atoms with Gasteiger partial charge in [-0.15, -0.1) is 0 Å². The lowest BCUT2D eigenvalue weighted by molar-refractivity contribution is -0.130. The van der Waals surface area contributed by atoms with E-state index in [1.54, 1.807) is 47.5 Å². The second kappa shape index (κ2) is 10.5. The maximum Gasteiger partial charge on any atom is 0.222 e. The number of hydrogen-bond donors (Lipinski definition) is 0. The second-order valence-corrected chi connectivity index (χ2v) is 6.42. The van der Waals surface area contributed by atoms with Gasteiger partial charge in [0.2, 0.25) is 11.7 Å². The van der Waals surface area contributed by atoms with Gasteiger partial charge in [0.1, 0.15) is 11.5 Å². The third kappa shape index (κ3) is 5.25. The molecular formula is C22H29NO6. The van der Waals surface area contributed by atoms with Crippen LogP contribution in [-0.4, -0.2) is 53.4 Å². The Labute approximate surface area is 172 Å². The number of methoxy groups -OCH3 is 5. The van der Waals surface area contributed by atoms with E-state index in [2.05, 4.69) is 0 Å². The first-order valence-electron chi connectivity index (χ1n) is 9.21. The first-order valence-corrected chi connectivity index (χ1v) is 9.21. The van der Waals surface area contributed by atoms with E-state index in [1.165, 1.54) is 0 Å². The largest absolute Gasteiger partial charge is 0.496 e. The van der Waals surface area contributed by atoms with Gasteiger partial charge in [-0.05, 0) is 36.2 Å². The molecule has 0 atom stereocenters. The van der Waals surface area contributed by atoms with Gasteiger partial charge in [-0.1, -0.05) is 6.07 Å². The average Bonchev–Trinajstić information content (AvgIpc) is 2.75. The van der Waals surface area contributed by atoms with Gasteiger partial charge >= 0.3 is 0 Å². The molecule has 0 aliphatic heterocycles. The molecule has 158 valence electrons. The van der Waals surface area contributed by atoms with Crippen LogP contribution < -0.4 is 23.7 Å². The van der Waals surface area contributed by atoms with Crippen LogP contribution in [-0.2, 0) is 17.8 Å². The molecule has 0 N–H and O–H groups in total. The lowest BCUT2D eigenvalue weighted by Crippen LogP contribution is -2.26. The predicted molar refractivity (Wildman–Crippen MR) is 110 cm³/mol. The Morgan fingerprint density at radius 1 is 0.828 bits per heavy atom. The molecule has 2 aromatic carbocycles. The van der Waals surface area contributed by atoms with Crippen LogP contribution in [0.15, 0.2) is 30.3 Å². The molecule has 0 heterocycles. The molecule has 1 amide bonds. The molecule has 29 heavy (non-hydrogen) atoms. The van der Waals surface area contributed by atoms with Crippen molar-refractivity contribution < 1.29 is 28.5 Å². The highest BCUT2D eigenvalue weighted by atomic mass is 16.5. The van der Waals surface area contributed by atoms with Crippen LogP contribution in [0.5, 0.6) is 28.7 Å². The van der Waals surface area contributed by atoms with E-state index in [-0.39, 0.29) is 5.91 Å². The van der Waals surface area contributed by atoms with Gasteiger partial charge in [0.15, 0.2) is 11.5 Å². The van der Waals surface area contributed by atoms with Crippen LogP contribution >= 0.6 is 0 Å². The van der Waals surface area contributed by atoms with E-state index in [4.69, 9.17) is 23.7 Å². The number of rotatable bonds is 10. The second-order valence-electron chi connectivity index (χ2n) is 6.42. The lowest BCUT2D eigenvalue weighted by atomic mass is 10.1. The standard InChI is InChI=1S/C22H29NO6/c1-23(14-15-12-19(27-4)22(29-6)20(13-15)28-5)21(24)11-10-16-17(25-2)8-7-9-18(16)26-3/h7-9,12-13H,10-11,14H2,1-6H3. The van der Waals surface area contributed by atoms with Crippen LogP contribution in [0.2, 0.25) is 0 Å². The molecule has 0 fully saturated rings. The average molecular weight is 403 g/mol. The van der Waals surface area contributed by atoms with Gasteiger partial charge in [-0.25, -0.2) is 0 Å². The Morgan fingerprint density at radius 3 is 1.79 bits per heavy atom. The fourth-order valence-electron chi connectivity index (χ4n) is 3.19. The van der Waals surface area contributed by atoms with Crippen molar-refractivity contribution in [3.05, 3.63) is 41.5 Å². The molecule has 0 aromatic heterocycles. The van der Waals surface area contributed by atoms with Gasteiger partial charge in [-0.3, -0.25) is 4.79 Å². The summed E-state index contributed by atoms with van der Waals surface area (Å²) in [6, 6.07) is 9.27. The van der Waals surface area contributed by atoms with Crippen molar-refractivity contribution in [1.29, 1.82) is 0 Å². The number of amides is 1. The smallest absolute Gasteiger partial charge is 0.222 e. The van der Waals surface area contributed by atoms with Crippen LogP contribution in [0, 0.1) is 0 Å². The molecule has 0 aliphatic carbocycles. The first-order chi connectivity index (χ1) is 14.0. The van der Waals surface area contributed by atoms with E-state index >= 15 is 0 Å². The van der Waals surface area contributed by atoms with Crippen molar-refractivity contribution in [1.82, 2.24) is 4.90 Å². The van der Waals surface area contributed by atoms with Gasteiger partial charge in [-0.2, -0.15) is 0 Å². The molecule has 0 spiro atoms. The summed E-state index contributed by atoms with van der Waals surface area (Å²) in [5.74, 6) is 3.07. The fourth-order valence-corrected chi connectivity index (χ4v) is 3.19. The summed E-state index contributed by atoms with van der Waals surface area (Å²) in [6.45, 7) is 0.415.